The summed E-state index contributed by atoms with van der Waals surface area (Å²) in [5.41, 5.74) is 0.891. The van der Waals surface area contributed by atoms with Crippen LogP contribution in [0.1, 0.15) is 41.7 Å². The highest BCUT2D eigenvalue weighted by atomic mass is 32.2. The number of benzene rings is 2. The molecule has 0 bridgehead atoms. The Morgan fingerprint density at radius 3 is 2.30 bits per heavy atom. The molecular weight excluding hydrogens is 366 g/mol. The van der Waals surface area contributed by atoms with E-state index in [4.69, 9.17) is 4.74 Å². The van der Waals surface area contributed by atoms with Gasteiger partial charge in [-0.1, -0.05) is 55.8 Å². The fourth-order valence-corrected chi connectivity index (χ4v) is 3.58. The Balaban J connectivity index is 2.02. The number of carbonyl (C=O) groups is 2. The zero-order valence-electron chi connectivity index (χ0n) is 15.3. The van der Waals surface area contributed by atoms with Gasteiger partial charge in [-0.25, -0.2) is 13.2 Å². The quantitative estimate of drug-likeness (QED) is 0.701. The molecule has 7 heteroatoms. The molecule has 0 radical (unpaired) electrons. The van der Waals surface area contributed by atoms with E-state index in [0.29, 0.717) is 0 Å². The van der Waals surface area contributed by atoms with Gasteiger partial charge in [-0.2, -0.15) is 0 Å². The molecule has 2 rings (SSSR count). The monoisotopic (exact) mass is 389 g/mol. The van der Waals surface area contributed by atoms with Gasteiger partial charge in [0.05, 0.1) is 16.5 Å². The average Bonchev–Trinajstić information content (AvgIpc) is 2.66. The van der Waals surface area contributed by atoms with Crippen molar-refractivity contribution in [3.63, 3.8) is 0 Å². The van der Waals surface area contributed by atoms with Crippen molar-refractivity contribution in [1.82, 2.24) is 5.32 Å². The standard InChI is InChI=1S/C20H23NO5S/c1-3-9-17(15-10-5-4-6-11-15)21-19(22)14-26-20(23)16-12-7-8-13-18(16)27(2,24)25/h4-8,10-13,17H,3,9,14H2,1-2H3,(H,21,22)/t17-/m0/s1. The summed E-state index contributed by atoms with van der Waals surface area (Å²) in [5, 5.41) is 2.85. The molecule has 0 saturated heterocycles. The Morgan fingerprint density at radius 2 is 1.67 bits per heavy atom. The number of rotatable bonds is 8. The van der Waals surface area contributed by atoms with Crippen LogP contribution in [0.4, 0.5) is 0 Å². The first-order valence-corrected chi connectivity index (χ1v) is 10.5. The summed E-state index contributed by atoms with van der Waals surface area (Å²) in [6.45, 7) is 1.54. The minimum Gasteiger partial charge on any atom is -0.452 e. The Kier molecular flexibility index (Phi) is 7.12. The molecule has 1 atom stereocenters. The zero-order valence-corrected chi connectivity index (χ0v) is 16.2. The van der Waals surface area contributed by atoms with Crippen molar-refractivity contribution in [1.29, 1.82) is 0 Å². The summed E-state index contributed by atoms with van der Waals surface area (Å²) in [6.07, 6.45) is 2.64. The number of ether oxygens (including phenoxy) is 1. The Hall–Kier alpha value is -2.67. The predicted molar refractivity (Wildman–Crippen MR) is 102 cm³/mol. The van der Waals surface area contributed by atoms with Crippen molar-refractivity contribution in [3.05, 3.63) is 65.7 Å². The van der Waals surface area contributed by atoms with Gasteiger partial charge in [0.25, 0.3) is 5.91 Å². The van der Waals surface area contributed by atoms with E-state index >= 15 is 0 Å². The van der Waals surface area contributed by atoms with Crippen LogP contribution in [0.3, 0.4) is 0 Å². The summed E-state index contributed by atoms with van der Waals surface area (Å²) in [6, 6.07) is 15.1. The number of esters is 1. The summed E-state index contributed by atoms with van der Waals surface area (Å²) in [4.78, 5) is 24.3. The van der Waals surface area contributed by atoms with Gasteiger partial charge in [0, 0.05) is 6.26 Å². The molecule has 1 N–H and O–H groups in total. The van der Waals surface area contributed by atoms with Crippen molar-refractivity contribution in [3.8, 4) is 0 Å². The van der Waals surface area contributed by atoms with Crippen LogP contribution >= 0.6 is 0 Å². The predicted octanol–water partition coefficient (Wildman–Crippen LogP) is 2.90. The summed E-state index contributed by atoms with van der Waals surface area (Å²) in [5.74, 6) is -1.29. The van der Waals surface area contributed by atoms with Crippen molar-refractivity contribution in [2.45, 2.75) is 30.7 Å². The molecule has 6 nitrogen and oxygen atoms in total. The second kappa shape index (κ2) is 9.32. The molecule has 2 aromatic carbocycles. The molecule has 0 unspecified atom stereocenters. The Bertz CT molecular complexity index is 894. The van der Waals surface area contributed by atoms with Gasteiger partial charge in [0.15, 0.2) is 16.4 Å². The van der Waals surface area contributed by atoms with Gasteiger partial charge in [0.2, 0.25) is 0 Å². The molecular formula is C20H23NO5S. The van der Waals surface area contributed by atoms with Gasteiger partial charge >= 0.3 is 5.97 Å². The number of hydrogen-bond acceptors (Lipinski definition) is 5. The van der Waals surface area contributed by atoms with E-state index in [1.807, 2.05) is 37.3 Å². The first-order chi connectivity index (χ1) is 12.8. The van der Waals surface area contributed by atoms with Crippen molar-refractivity contribution in [2.75, 3.05) is 12.9 Å². The smallest absolute Gasteiger partial charge is 0.339 e. The highest BCUT2D eigenvalue weighted by Gasteiger charge is 2.21. The van der Waals surface area contributed by atoms with Gasteiger partial charge in [0.1, 0.15) is 0 Å². The number of nitrogens with one attached hydrogen (secondary N) is 1. The van der Waals surface area contributed by atoms with E-state index in [9.17, 15) is 18.0 Å². The number of hydrogen-bond donors (Lipinski definition) is 1. The zero-order chi connectivity index (χ0) is 19.9. The first kappa shape index (κ1) is 20.6. The van der Waals surface area contributed by atoms with Crippen LogP contribution in [-0.2, 0) is 19.4 Å². The molecule has 0 aromatic heterocycles. The SMILES string of the molecule is CCC[C@H](NC(=O)COC(=O)c1ccccc1S(C)(=O)=O)c1ccccc1. The number of amides is 1. The van der Waals surface area contributed by atoms with Crippen LogP contribution in [0.2, 0.25) is 0 Å². The fraction of sp³-hybridized carbons (Fsp3) is 0.300. The van der Waals surface area contributed by atoms with Crippen LogP contribution in [0.15, 0.2) is 59.5 Å². The molecule has 0 aliphatic heterocycles. The third kappa shape index (κ3) is 5.92. The second-order valence-corrected chi connectivity index (χ2v) is 8.15. The molecule has 27 heavy (non-hydrogen) atoms. The molecule has 0 heterocycles. The lowest BCUT2D eigenvalue weighted by Gasteiger charge is -2.18. The Labute approximate surface area is 159 Å². The molecule has 0 saturated carbocycles. The highest BCUT2D eigenvalue weighted by Crippen LogP contribution is 2.18. The van der Waals surface area contributed by atoms with E-state index in [0.717, 1.165) is 24.7 Å². The highest BCUT2D eigenvalue weighted by molar-refractivity contribution is 7.90. The Morgan fingerprint density at radius 1 is 1.04 bits per heavy atom. The van der Waals surface area contributed by atoms with E-state index < -0.39 is 28.3 Å². The summed E-state index contributed by atoms with van der Waals surface area (Å²) in [7, 11) is -3.58. The van der Waals surface area contributed by atoms with Gasteiger partial charge in [-0.05, 0) is 24.1 Å². The maximum Gasteiger partial charge on any atom is 0.339 e. The summed E-state index contributed by atoms with van der Waals surface area (Å²) < 4.78 is 28.6. The van der Waals surface area contributed by atoms with Crippen LogP contribution in [0.5, 0.6) is 0 Å². The largest absolute Gasteiger partial charge is 0.452 e. The van der Waals surface area contributed by atoms with Crippen LogP contribution in [-0.4, -0.2) is 33.2 Å². The minimum absolute atomic E-state index is 0.0824. The maximum absolute atomic E-state index is 12.2. The minimum atomic E-state index is -3.58. The lowest BCUT2D eigenvalue weighted by molar-refractivity contribution is -0.125. The second-order valence-electron chi connectivity index (χ2n) is 6.16. The third-order valence-electron chi connectivity index (χ3n) is 3.96. The van der Waals surface area contributed by atoms with Crippen LogP contribution in [0, 0.1) is 0 Å². The molecule has 0 spiro atoms. The topological polar surface area (TPSA) is 89.5 Å². The lowest BCUT2D eigenvalue weighted by Crippen LogP contribution is -2.32. The summed E-state index contributed by atoms with van der Waals surface area (Å²) >= 11 is 0. The molecule has 0 aliphatic carbocycles. The maximum atomic E-state index is 12.2. The lowest BCUT2D eigenvalue weighted by atomic mass is 10.0. The molecule has 2 aromatic rings. The normalized spacial score (nSPS) is 12.2. The van der Waals surface area contributed by atoms with Gasteiger partial charge in [-0.3, -0.25) is 4.79 Å². The van der Waals surface area contributed by atoms with Crippen molar-refractivity contribution >= 4 is 21.7 Å². The molecule has 0 fully saturated rings. The average molecular weight is 389 g/mol. The van der Waals surface area contributed by atoms with Crippen LogP contribution < -0.4 is 5.32 Å². The van der Waals surface area contributed by atoms with Crippen molar-refractivity contribution in [2.24, 2.45) is 0 Å². The van der Waals surface area contributed by atoms with Crippen LogP contribution in [0.25, 0.3) is 0 Å². The first-order valence-electron chi connectivity index (χ1n) is 8.63. The van der Waals surface area contributed by atoms with E-state index in [1.54, 1.807) is 0 Å². The van der Waals surface area contributed by atoms with E-state index in [1.165, 1.54) is 24.3 Å². The molecule has 0 aliphatic rings. The van der Waals surface area contributed by atoms with Gasteiger partial charge in [-0.15, -0.1) is 0 Å². The fourth-order valence-electron chi connectivity index (χ4n) is 2.70. The molecule has 144 valence electrons. The molecule has 1 amide bonds. The number of sulfone groups is 1. The van der Waals surface area contributed by atoms with Crippen molar-refractivity contribution < 1.29 is 22.7 Å². The van der Waals surface area contributed by atoms with Gasteiger partial charge < -0.3 is 10.1 Å². The van der Waals surface area contributed by atoms with E-state index in [-0.39, 0.29) is 16.5 Å². The number of carbonyl (C=O) groups excluding carboxylic acids is 2. The third-order valence-corrected chi connectivity index (χ3v) is 5.11. The van der Waals surface area contributed by atoms with E-state index in [2.05, 4.69) is 5.32 Å².